The maximum absolute atomic E-state index is 5.49. The largest absolute Gasteiger partial charge is 0.461 e. The fraction of sp³-hybridized carbons (Fsp3) is 0.632. The van der Waals surface area contributed by atoms with E-state index in [9.17, 15) is 0 Å². The molecule has 9 heteroatoms. The Hall–Kier alpha value is -2.39. The predicted molar refractivity (Wildman–Crippen MR) is 108 cm³/mol. The summed E-state index contributed by atoms with van der Waals surface area (Å²) < 4.78 is 10.8. The molecule has 0 bridgehead atoms. The first-order valence-electron chi connectivity index (χ1n) is 9.96. The van der Waals surface area contributed by atoms with Crippen molar-refractivity contribution in [2.24, 2.45) is 10.9 Å². The zero-order chi connectivity index (χ0) is 19.8. The van der Waals surface area contributed by atoms with Gasteiger partial charge in [-0.1, -0.05) is 13.8 Å². The molecule has 1 unspecified atom stereocenters. The number of furan rings is 1. The van der Waals surface area contributed by atoms with E-state index >= 15 is 0 Å². The Labute approximate surface area is 166 Å². The number of nitrogens with one attached hydrogen (secondary N) is 3. The van der Waals surface area contributed by atoms with E-state index in [1.165, 1.54) is 0 Å². The van der Waals surface area contributed by atoms with E-state index in [-0.39, 0.29) is 0 Å². The highest BCUT2D eigenvalue weighted by Crippen LogP contribution is 2.15. The van der Waals surface area contributed by atoms with Gasteiger partial charge in [-0.2, -0.15) is 0 Å². The number of aromatic amines is 1. The van der Waals surface area contributed by atoms with Crippen molar-refractivity contribution in [1.29, 1.82) is 0 Å². The van der Waals surface area contributed by atoms with Crippen LogP contribution in [0.25, 0.3) is 11.6 Å². The molecular formula is C19H31N7O2. The minimum atomic E-state index is 0.410. The molecular weight excluding hydrogens is 358 g/mol. The number of rotatable bonds is 8. The fourth-order valence-corrected chi connectivity index (χ4v) is 3.27. The van der Waals surface area contributed by atoms with Gasteiger partial charge in [0.1, 0.15) is 12.4 Å². The number of aromatic nitrogens is 3. The van der Waals surface area contributed by atoms with Crippen molar-refractivity contribution in [2.75, 3.05) is 39.4 Å². The maximum Gasteiger partial charge on any atom is 0.216 e. The summed E-state index contributed by atoms with van der Waals surface area (Å²) in [4.78, 5) is 11.6. The summed E-state index contributed by atoms with van der Waals surface area (Å²) in [6.07, 6.45) is 1.61. The zero-order valence-electron chi connectivity index (χ0n) is 16.9. The number of H-pyrrole nitrogens is 1. The van der Waals surface area contributed by atoms with Gasteiger partial charge in [-0.05, 0) is 25.0 Å². The molecule has 2 aromatic rings. The summed E-state index contributed by atoms with van der Waals surface area (Å²) in [5.41, 5.74) is 0. The summed E-state index contributed by atoms with van der Waals surface area (Å²) in [5.74, 6) is 3.19. The molecule has 0 aliphatic carbocycles. The van der Waals surface area contributed by atoms with Gasteiger partial charge in [0, 0.05) is 32.2 Å². The first-order valence-corrected chi connectivity index (χ1v) is 9.96. The highest BCUT2D eigenvalue weighted by molar-refractivity contribution is 5.79. The monoisotopic (exact) mass is 389 g/mol. The maximum atomic E-state index is 5.49. The van der Waals surface area contributed by atoms with Crippen LogP contribution < -0.4 is 10.6 Å². The van der Waals surface area contributed by atoms with Gasteiger partial charge in [0.15, 0.2) is 11.7 Å². The van der Waals surface area contributed by atoms with E-state index in [1.54, 1.807) is 6.26 Å². The third kappa shape index (κ3) is 5.56. The van der Waals surface area contributed by atoms with Crippen molar-refractivity contribution in [2.45, 2.75) is 33.4 Å². The Kier molecular flexibility index (Phi) is 7.44. The van der Waals surface area contributed by atoms with Crippen LogP contribution in [-0.4, -0.2) is 71.5 Å². The second-order valence-electron chi connectivity index (χ2n) is 7.12. The number of guanidine groups is 1. The normalized spacial score (nSPS) is 17.1. The third-order valence-corrected chi connectivity index (χ3v) is 4.77. The molecule has 9 nitrogen and oxygen atoms in total. The van der Waals surface area contributed by atoms with Crippen molar-refractivity contribution >= 4 is 5.96 Å². The Morgan fingerprint density at radius 3 is 2.82 bits per heavy atom. The minimum absolute atomic E-state index is 0.410. The fourth-order valence-electron chi connectivity index (χ4n) is 3.27. The Morgan fingerprint density at radius 2 is 2.14 bits per heavy atom. The highest BCUT2D eigenvalue weighted by atomic mass is 16.5. The van der Waals surface area contributed by atoms with E-state index in [2.05, 4.69) is 56.5 Å². The standard InChI is InChI=1S/C19H31N7O2/c1-4-20-19(21-12-15(14(2)3)26-7-10-27-11-8-26)22-13-17-23-18(25-24-17)16-6-5-9-28-16/h5-6,9,14-15H,4,7-8,10-13H2,1-3H3,(H2,20,21,22)(H,23,24,25). The van der Waals surface area contributed by atoms with Crippen LogP contribution in [0.2, 0.25) is 0 Å². The van der Waals surface area contributed by atoms with Gasteiger partial charge >= 0.3 is 0 Å². The van der Waals surface area contributed by atoms with Crippen LogP contribution in [0.3, 0.4) is 0 Å². The van der Waals surface area contributed by atoms with Crippen LogP contribution in [0, 0.1) is 5.92 Å². The van der Waals surface area contributed by atoms with Crippen molar-refractivity contribution in [3.05, 3.63) is 24.2 Å². The van der Waals surface area contributed by atoms with E-state index in [4.69, 9.17) is 9.15 Å². The molecule has 1 atom stereocenters. The summed E-state index contributed by atoms with van der Waals surface area (Å²) in [5, 5.41) is 13.9. The molecule has 0 radical (unpaired) electrons. The van der Waals surface area contributed by atoms with Gasteiger partial charge in [0.25, 0.3) is 0 Å². The molecule has 1 fully saturated rings. The van der Waals surface area contributed by atoms with Gasteiger partial charge in [-0.3, -0.25) is 10.00 Å². The van der Waals surface area contributed by atoms with Gasteiger partial charge in [-0.15, -0.1) is 5.10 Å². The van der Waals surface area contributed by atoms with E-state index in [0.717, 1.165) is 45.4 Å². The molecule has 2 aromatic heterocycles. The summed E-state index contributed by atoms with van der Waals surface area (Å²) in [7, 11) is 0. The average Bonchev–Trinajstić information content (AvgIpc) is 3.38. The molecule has 0 spiro atoms. The Balaban J connectivity index is 1.58. The van der Waals surface area contributed by atoms with Gasteiger partial charge in [0.05, 0.1) is 19.5 Å². The van der Waals surface area contributed by atoms with Gasteiger partial charge < -0.3 is 19.8 Å². The van der Waals surface area contributed by atoms with Crippen molar-refractivity contribution < 1.29 is 9.15 Å². The van der Waals surface area contributed by atoms with Crippen molar-refractivity contribution in [3.63, 3.8) is 0 Å². The van der Waals surface area contributed by atoms with E-state index in [0.29, 0.717) is 35.9 Å². The van der Waals surface area contributed by atoms with Crippen molar-refractivity contribution in [1.82, 2.24) is 30.7 Å². The quantitative estimate of drug-likeness (QED) is 0.464. The lowest BCUT2D eigenvalue weighted by molar-refractivity contribution is 0.00752. The number of ether oxygens (including phenoxy) is 1. The molecule has 0 aromatic carbocycles. The average molecular weight is 390 g/mol. The highest BCUT2D eigenvalue weighted by Gasteiger charge is 2.23. The van der Waals surface area contributed by atoms with Crippen LogP contribution in [0.5, 0.6) is 0 Å². The molecule has 28 heavy (non-hydrogen) atoms. The number of hydrogen-bond donors (Lipinski definition) is 3. The van der Waals surface area contributed by atoms with Crippen molar-refractivity contribution in [3.8, 4) is 11.6 Å². The smallest absolute Gasteiger partial charge is 0.216 e. The number of nitrogens with zero attached hydrogens (tertiary/aromatic N) is 4. The molecule has 0 amide bonds. The Bertz CT molecular complexity index is 720. The Morgan fingerprint density at radius 1 is 1.32 bits per heavy atom. The first-order chi connectivity index (χ1) is 13.7. The third-order valence-electron chi connectivity index (χ3n) is 4.77. The lowest BCUT2D eigenvalue weighted by Gasteiger charge is -2.37. The van der Waals surface area contributed by atoms with Crippen LogP contribution >= 0.6 is 0 Å². The van der Waals surface area contributed by atoms with Crippen LogP contribution in [-0.2, 0) is 11.3 Å². The molecule has 1 aliphatic rings. The molecule has 3 heterocycles. The predicted octanol–water partition coefficient (Wildman–Crippen LogP) is 1.48. The molecule has 3 N–H and O–H groups in total. The second-order valence-corrected chi connectivity index (χ2v) is 7.12. The molecule has 0 saturated carbocycles. The summed E-state index contributed by atoms with van der Waals surface area (Å²) in [6.45, 7) is 12.2. The number of aliphatic imine (C=N–C) groups is 1. The van der Waals surface area contributed by atoms with E-state index < -0.39 is 0 Å². The van der Waals surface area contributed by atoms with Crippen LogP contribution in [0.4, 0.5) is 0 Å². The summed E-state index contributed by atoms with van der Waals surface area (Å²) in [6, 6.07) is 4.08. The molecule has 3 rings (SSSR count). The molecule has 1 aliphatic heterocycles. The topological polar surface area (TPSA) is 104 Å². The lowest BCUT2D eigenvalue weighted by Crippen LogP contribution is -2.52. The van der Waals surface area contributed by atoms with Crippen LogP contribution in [0.15, 0.2) is 27.8 Å². The van der Waals surface area contributed by atoms with Crippen LogP contribution in [0.1, 0.15) is 26.6 Å². The zero-order valence-corrected chi connectivity index (χ0v) is 16.9. The summed E-state index contributed by atoms with van der Waals surface area (Å²) >= 11 is 0. The van der Waals surface area contributed by atoms with Gasteiger partial charge in [-0.25, -0.2) is 9.98 Å². The van der Waals surface area contributed by atoms with E-state index in [1.807, 2.05) is 12.1 Å². The molecule has 1 saturated heterocycles. The molecule has 154 valence electrons. The second kappa shape index (κ2) is 10.2. The minimum Gasteiger partial charge on any atom is -0.461 e. The number of hydrogen-bond acceptors (Lipinski definition) is 6. The number of morpholine rings is 1. The first kappa shape index (κ1) is 20.3. The SMILES string of the molecule is CCNC(=NCc1nc(-c2ccco2)n[nH]1)NCC(C(C)C)N1CCOCC1. The lowest BCUT2D eigenvalue weighted by atomic mass is 10.0. The van der Waals surface area contributed by atoms with Gasteiger partial charge in [0.2, 0.25) is 5.82 Å².